The molecule has 4 amide bonds. The molecule has 230 valence electrons. The highest BCUT2D eigenvalue weighted by molar-refractivity contribution is 7.17. The molecule has 2 aromatic carbocycles. The average Bonchev–Trinajstić information content (AvgIpc) is 3.71. The fourth-order valence-electron chi connectivity index (χ4n) is 4.66. The van der Waals surface area contributed by atoms with E-state index < -0.39 is 23.9 Å². The van der Waals surface area contributed by atoms with E-state index in [-0.39, 0.29) is 30.7 Å². The van der Waals surface area contributed by atoms with Crippen LogP contribution in [0.3, 0.4) is 0 Å². The van der Waals surface area contributed by atoms with Crippen LogP contribution < -0.4 is 16.2 Å². The van der Waals surface area contributed by atoms with Crippen molar-refractivity contribution in [2.45, 2.75) is 38.3 Å². The van der Waals surface area contributed by atoms with Crippen LogP contribution in [0.5, 0.6) is 0 Å². The molecule has 0 aliphatic carbocycles. The van der Waals surface area contributed by atoms with Gasteiger partial charge >= 0.3 is 5.97 Å². The van der Waals surface area contributed by atoms with Gasteiger partial charge in [0, 0.05) is 42.1 Å². The van der Waals surface area contributed by atoms with E-state index in [1.54, 1.807) is 35.2 Å². The first kappa shape index (κ1) is 32.1. The number of aryl methyl sites for hydroxylation is 1. The van der Waals surface area contributed by atoms with Gasteiger partial charge in [0.1, 0.15) is 0 Å². The molecule has 1 saturated heterocycles. The summed E-state index contributed by atoms with van der Waals surface area (Å²) < 4.78 is 4.40. The Balaban J connectivity index is 1.34. The number of rotatable bonds is 10. The summed E-state index contributed by atoms with van der Waals surface area (Å²) in [5, 5.41) is 12.8. The largest absolute Gasteiger partial charge is 0.466 e. The van der Waals surface area contributed by atoms with Crippen molar-refractivity contribution in [1.82, 2.24) is 21.1 Å². The smallest absolute Gasteiger partial charge is 0.330 e. The molecule has 0 bridgehead atoms. The molecule has 4 rings (SSSR count). The molecule has 0 spiro atoms. The molecule has 0 saturated carbocycles. The quantitative estimate of drug-likeness (QED) is 0.155. The van der Waals surface area contributed by atoms with Crippen LogP contribution >= 0.6 is 11.3 Å². The SMILES string of the molecule is COC(=O)/C=C/C(=O)NNC(=O)CCc1ccccc1C(=O)N[C@H](C)c1cccc(-c2ccc(C(=O)N3CC[C@H](O)C3)s2)c1. The van der Waals surface area contributed by atoms with Crippen molar-refractivity contribution < 1.29 is 33.8 Å². The number of methoxy groups -OCH3 is 1. The monoisotopic (exact) mass is 618 g/mol. The number of hydrogen-bond donors (Lipinski definition) is 4. The third-order valence-corrected chi connectivity index (χ3v) is 8.19. The number of carbonyl (C=O) groups excluding carboxylic acids is 5. The van der Waals surface area contributed by atoms with Gasteiger partial charge in [-0.3, -0.25) is 30.0 Å². The topological polar surface area (TPSA) is 154 Å². The van der Waals surface area contributed by atoms with Crippen molar-refractivity contribution in [2.24, 2.45) is 0 Å². The van der Waals surface area contributed by atoms with Gasteiger partial charge in [-0.2, -0.15) is 0 Å². The van der Waals surface area contributed by atoms with E-state index in [0.717, 1.165) is 28.2 Å². The lowest BCUT2D eigenvalue weighted by atomic mass is 10.0. The summed E-state index contributed by atoms with van der Waals surface area (Å²) >= 11 is 1.39. The number of β-amino-alcohol motifs (C(OH)–C–C–N with tert-alkyl or cyclic N) is 1. The van der Waals surface area contributed by atoms with Crippen molar-refractivity contribution in [1.29, 1.82) is 0 Å². The second-order valence-electron chi connectivity index (χ2n) is 10.2. The Labute approximate surface area is 258 Å². The maximum Gasteiger partial charge on any atom is 0.330 e. The highest BCUT2D eigenvalue weighted by atomic mass is 32.1. The molecule has 2 heterocycles. The van der Waals surface area contributed by atoms with Crippen LogP contribution in [0.25, 0.3) is 10.4 Å². The van der Waals surface area contributed by atoms with Crippen LogP contribution in [0.2, 0.25) is 0 Å². The first-order valence-electron chi connectivity index (χ1n) is 14.1. The predicted molar refractivity (Wildman–Crippen MR) is 164 cm³/mol. The minimum atomic E-state index is -0.701. The number of hydrogen-bond acceptors (Lipinski definition) is 8. The van der Waals surface area contributed by atoms with Gasteiger partial charge in [-0.05, 0) is 60.7 Å². The Morgan fingerprint density at radius 1 is 1.05 bits per heavy atom. The van der Waals surface area contributed by atoms with Crippen molar-refractivity contribution in [3.8, 4) is 10.4 Å². The standard InChI is InChI=1S/C32H34N4O7S/c1-20(22-7-5-8-23(18-22)26-11-12-27(44-26)32(42)36-17-16-24(37)19-36)33-31(41)25-9-4-3-6-21(25)10-13-28(38)34-35-29(39)14-15-30(40)43-2/h3-9,11-12,14-15,18,20,24,37H,10,13,16-17,19H2,1-2H3,(H,33,41)(H,34,38)(H,35,39)/b15-14+/t20-,24+/m1/s1. The van der Waals surface area contributed by atoms with Crippen molar-refractivity contribution >= 4 is 40.9 Å². The van der Waals surface area contributed by atoms with Gasteiger partial charge in [-0.15, -0.1) is 11.3 Å². The van der Waals surface area contributed by atoms with Crippen LogP contribution in [-0.4, -0.2) is 65.9 Å². The maximum atomic E-state index is 13.3. The average molecular weight is 619 g/mol. The van der Waals surface area contributed by atoms with Crippen molar-refractivity contribution in [3.05, 3.63) is 94.4 Å². The van der Waals surface area contributed by atoms with Gasteiger partial charge in [-0.25, -0.2) is 4.79 Å². The highest BCUT2D eigenvalue weighted by Crippen LogP contribution is 2.31. The summed E-state index contributed by atoms with van der Waals surface area (Å²) in [4.78, 5) is 64.3. The fraction of sp³-hybridized carbons (Fsp3) is 0.281. The minimum Gasteiger partial charge on any atom is -0.466 e. The van der Waals surface area contributed by atoms with E-state index in [2.05, 4.69) is 20.9 Å². The molecule has 0 radical (unpaired) electrons. The van der Waals surface area contributed by atoms with Gasteiger partial charge < -0.3 is 20.1 Å². The summed E-state index contributed by atoms with van der Waals surface area (Å²) in [6, 6.07) is 18.1. The van der Waals surface area contributed by atoms with Crippen molar-refractivity contribution in [2.75, 3.05) is 20.2 Å². The lowest BCUT2D eigenvalue weighted by molar-refractivity contribution is -0.135. The van der Waals surface area contributed by atoms with E-state index in [1.807, 2.05) is 37.3 Å². The zero-order valence-corrected chi connectivity index (χ0v) is 25.2. The van der Waals surface area contributed by atoms with Gasteiger partial charge in [0.15, 0.2) is 0 Å². The number of hydrazine groups is 1. The lowest BCUT2D eigenvalue weighted by Crippen LogP contribution is -2.41. The molecule has 3 aromatic rings. The molecule has 12 heteroatoms. The summed E-state index contributed by atoms with van der Waals surface area (Å²) in [6.45, 7) is 2.78. The Hall–Kier alpha value is -4.81. The number of benzene rings is 2. The minimum absolute atomic E-state index is 0.00648. The molecular weight excluding hydrogens is 584 g/mol. The van der Waals surface area contributed by atoms with Gasteiger partial charge in [-0.1, -0.05) is 36.4 Å². The lowest BCUT2D eigenvalue weighted by Gasteiger charge is -2.17. The summed E-state index contributed by atoms with van der Waals surface area (Å²) in [5.41, 5.74) is 7.35. The second-order valence-corrected chi connectivity index (χ2v) is 11.3. The number of aliphatic hydroxyl groups is 1. The molecular formula is C32H34N4O7S. The maximum absolute atomic E-state index is 13.3. The molecule has 1 fully saturated rings. The molecule has 1 aliphatic rings. The molecule has 1 aromatic heterocycles. The Morgan fingerprint density at radius 2 is 1.84 bits per heavy atom. The number of nitrogens with zero attached hydrogens (tertiary/aromatic N) is 1. The Bertz CT molecular complexity index is 1570. The summed E-state index contributed by atoms with van der Waals surface area (Å²) in [7, 11) is 1.18. The van der Waals surface area contributed by atoms with Crippen LogP contribution in [0, 0.1) is 0 Å². The number of likely N-dealkylation sites (tertiary alicyclic amines) is 1. The Kier molecular flexibility index (Phi) is 11.0. The van der Waals surface area contributed by atoms with E-state index >= 15 is 0 Å². The normalized spacial score (nSPS) is 15.1. The first-order valence-corrected chi connectivity index (χ1v) is 14.9. The van der Waals surface area contributed by atoms with Crippen LogP contribution in [-0.2, 0) is 25.5 Å². The summed E-state index contributed by atoms with van der Waals surface area (Å²) in [6.07, 6.45) is 2.24. The highest BCUT2D eigenvalue weighted by Gasteiger charge is 2.26. The molecule has 2 atom stereocenters. The summed E-state index contributed by atoms with van der Waals surface area (Å²) in [5.74, 6) is -2.24. The second kappa shape index (κ2) is 15.1. The number of thiophene rings is 1. The van der Waals surface area contributed by atoms with Crippen LogP contribution in [0.15, 0.2) is 72.8 Å². The number of ether oxygens (including phenoxy) is 1. The number of nitrogens with one attached hydrogen (secondary N) is 3. The molecule has 44 heavy (non-hydrogen) atoms. The third-order valence-electron chi connectivity index (χ3n) is 7.07. The van der Waals surface area contributed by atoms with E-state index in [1.165, 1.54) is 18.4 Å². The van der Waals surface area contributed by atoms with Crippen LogP contribution in [0.1, 0.15) is 57.0 Å². The Morgan fingerprint density at radius 3 is 2.59 bits per heavy atom. The zero-order chi connectivity index (χ0) is 31.6. The fourth-order valence-corrected chi connectivity index (χ4v) is 5.63. The van der Waals surface area contributed by atoms with Crippen LogP contribution in [0.4, 0.5) is 0 Å². The van der Waals surface area contributed by atoms with Gasteiger partial charge in [0.25, 0.3) is 17.7 Å². The van der Waals surface area contributed by atoms with E-state index in [9.17, 15) is 29.1 Å². The number of carbonyl (C=O) groups is 5. The first-order chi connectivity index (χ1) is 21.1. The molecule has 0 unspecified atom stereocenters. The predicted octanol–water partition coefficient (Wildman–Crippen LogP) is 2.92. The number of amides is 4. The van der Waals surface area contributed by atoms with E-state index in [0.29, 0.717) is 35.5 Å². The molecule has 11 nitrogen and oxygen atoms in total. The number of esters is 1. The van der Waals surface area contributed by atoms with Crippen molar-refractivity contribution in [3.63, 3.8) is 0 Å². The van der Waals surface area contributed by atoms with Gasteiger partial charge in [0.2, 0.25) is 5.91 Å². The zero-order valence-electron chi connectivity index (χ0n) is 24.4. The third kappa shape index (κ3) is 8.62. The number of aliphatic hydroxyl groups excluding tert-OH is 1. The van der Waals surface area contributed by atoms with E-state index in [4.69, 9.17) is 0 Å². The molecule has 4 N–H and O–H groups in total. The molecule has 1 aliphatic heterocycles. The van der Waals surface area contributed by atoms with Gasteiger partial charge in [0.05, 0.1) is 24.1 Å².